The molecule has 0 N–H and O–H groups in total. The van der Waals surface area contributed by atoms with Crippen molar-refractivity contribution in [3.63, 3.8) is 0 Å². The lowest BCUT2D eigenvalue weighted by molar-refractivity contribution is 0.0573. The van der Waals surface area contributed by atoms with Gasteiger partial charge in [-0.05, 0) is 32.3 Å². The predicted molar refractivity (Wildman–Crippen MR) is 109 cm³/mol. The third-order valence-corrected chi connectivity index (χ3v) is 5.14. The van der Waals surface area contributed by atoms with E-state index in [1.807, 2.05) is 36.9 Å². The number of amides is 1. The van der Waals surface area contributed by atoms with E-state index in [2.05, 4.69) is 24.2 Å². The van der Waals surface area contributed by atoms with E-state index in [0.717, 1.165) is 18.4 Å². The summed E-state index contributed by atoms with van der Waals surface area (Å²) in [5.41, 5.74) is 1.54. The summed E-state index contributed by atoms with van der Waals surface area (Å²) < 4.78 is 12.5. The van der Waals surface area contributed by atoms with Crippen LogP contribution in [0.3, 0.4) is 0 Å². The molecule has 0 spiro atoms. The zero-order valence-corrected chi connectivity index (χ0v) is 17.6. The topological polar surface area (TPSA) is 73.7 Å². The molecule has 1 aliphatic heterocycles. The largest absolute Gasteiger partial charge is 0.489 e. The molecular weight excluding hydrogens is 370 g/mol. The number of rotatable bonds is 8. The zero-order valence-electron chi connectivity index (χ0n) is 17.6. The Morgan fingerprint density at radius 1 is 1.28 bits per heavy atom. The molecule has 1 amide bonds. The molecule has 7 heteroatoms. The summed E-state index contributed by atoms with van der Waals surface area (Å²) in [4.78, 5) is 27.5. The molecule has 2 aromatic rings. The summed E-state index contributed by atoms with van der Waals surface area (Å²) in [6, 6.07) is 9.99. The minimum atomic E-state index is -0.597. The summed E-state index contributed by atoms with van der Waals surface area (Å²) in [5.74, 6) is -0.530. The highest BCUT2D eigenvalue weighted by atomic mass is 16.5. The van der Waals surface area contributed by atoms with E-state index in [0.29, 0.717) is 25.3 Å². The Kier molecular flexibility index (Phi) is 6.56. The number of unbranched alkanes of at least 4 members (excludes halogenated alkanes) is 1. The molecule has 0 fully saturated rings. The molecular formula is C22H29N3O4. The van der Waals surface area contributed by atoms with Crippen LogP contribution >= 0.6 is 0 Å². The van der Waals surface area contributed by atoms with Crippen LogP contribution < -0.4 is 4.74 Å². The first-order chi connectivity index (χ1) is 14.0. The molecule has 1 aromatic carbocycles. The van der Waals surface area contributed by atoms with E-state index in [9.17, 15) is 9.59 Å². The number of methoxy groups -OCH3 is 1. The second-order valence-corrected chi connectivity index (χ2v) is 7.56. The smallest absolute Gasteiger partial charge is 0.362 e. The van der Waals surface area contributed by atoms with Crippen molar-refractivity contribution >= 4 is 11.9 Å². The van der Waals surface area contributed by atoms with E-state index in [1.165, 1.54) is 7.11 Å². The van der Waals surface area contributed by atoms with Crippen LogP contribution in [-0.4, -0.2) is 52.9 Å². The van der Waals surface area contributed by atoms with Gasteiger partial charge in [-0.25, -0.2) is 4.79 Å². The highest BCUT2D eigenvalue weighted by molar-refractivity contribution is 6.01. The Morgan fingerprint density at radius 3 is 2.62 bits per heavy atom. The quantitative estimate of drug-likeness (QED) is 0.502. The minimum Gasteiger partial charge on any atom is -0.489 e. The molecule has 0 bridgehead atoms. The molecule has 0 saturated carbocycles. The van der Waals surface area contributed by atoms with Crippen molar-refractivity contribution in [2.45, 2.75) is 52.1 Å². The number of esters is 1. The van der Waals surface area contributed by atoms with E-state index in [-0.39, 0.29) is 29.4 Å². The van der Waals surface area contributed by atoms with Gasteiger partial charge in [0, 0.05) is 12.6 Å². The van der Waals surface area contributed by atoms with E-state index in [4.69, 9.17) is 9.47 Å². The van der Waals surface area contributed by atoms with Crippen molar-refractivity contribution < 1.29 is 19.1 Å². The fourth-order valence-electron chi connectivity index (χ4n) is 3.57. The normalized spacial score (nSPS) is 16.1. The van der Waals surface area contributed by atoms with Crippen LogP contribution in [0.1, 0.15) is 66.2 Å². The van der Waals surface area contributed by atoms with E-state index < -0.39 is 5.97 Å². The van der Waals surface area contributed by atoms with Gasteiger partial charge >= 0.3 is 5.97 Å². The molecule has 1 aliphatic rings. The molecule has 2 heterocycles. The van der Waals surface area contributed by atoms with Crippen molar-refractivity contribution in [3.8, 4) is 5.75 Å². The van der Waals surface area contributed by atoms with E-state index >= 15 is 0 Å². The number of aromatic nitrogens is 2. The van der Waals surface area contributed by atoms with Crippen molar-refractivity contribution in [2.75, 3.05) is 20.3 Å². The van der Waals surface area contributed by atoms with Gasteiger partial charge in [0.25, 0.3) is 5.91 Å². The zero-order chi connectivity index (χ0) is 21.0. The summed E-state index contributed by atoms with van der Waals surface area (Å²) >= 11 is 0. The maximum Gasteiger partial charge on any atom is 0.362 e. The number of carbonyl (C=O) groups is 2. The molecule has 1 aromatic heterocycles. The number of fused-ring (bicyclic) bond motifs is 1. The number of carbonyl (C=O) groups excluding carboxylic acids is 2. The highest BCUT2D eigenvalue weighted by Crippen LogP contribution is 2.34. The van der Waals surface area contributed by atoms with Crippen LogP contribution in [0.5, 0.6) is 5.75 Å². The SMILES string of the molecule is CCCCOc1c(C(=O)OC)nn2c1C(=O)N(C(C)C)CC2Cc1ccccc1. The average molecular weight is 399 g/mol. The predicted octanol–water partition coefficient (Wildman–Crippen LogP) is 3.50. The second kappa shape index (κ2) is 9.11. The molecule has 1 atom stereocenters. The Bertz CT molecular complexity index is 860. The highest BCUT2D eigenvalue weighted by Gasteiger charge is 2.40. The van der Waals surface area contributed by atoms with Crippen LogP contribution in [0.25, 0.3) is 0 Å². The average Bonchev–Trinajstić information content (AvgIpc) is 3.10. The minimum absolute atomic E-state index is 0.0227. The van der Waals surface area contributed by atoms with Crippen molar-refractivity contribution in [2.24, 2.45) is 0 Å². The third kappa shape index (κ3) is 4.28. The maximum atomic E-state index is 13.3. The number of hydrogen-bond donors (Lipinski definition) is 0. The van der Waals surface area contributed by atoms with Gasteiger partial charge in [0.15, 0.2) is 11.4 Å². The molecule has 0 aliphatic carbocycles. The number of hydrogen-bond acceptors (Lipinski definition) is 5. The Hall–Kier alpha value is -2.83. The molecule has 3 rings (SSSR count). The van der Waals surface area contributed by atoms with Crippen LogP contribution in [0.2, 0.25) is 0 Å². The van der Waals surface area contributed by atoms with Gasteiger partial charge in [-0.1, -0.05) is 43.7 Å². The van der Waals surface area contributed by atoms with Crippen LogP contribution in [0, 0.1) is 0 Å². The first-order valence-corrected chi connectivity index (χ1v) is 10.2. The molecule has 156 valence electrons. The molecule has 0 radical (unpaired) electrons. The van der Waals surface area contributed by atoms with Crippen LogP contribution in [-0.2, 0) is 11.2 Å². The number of nitrogens with zero attached hydrogens (tertiary/aromatic N) is 3. The van der Waals surface area contributed by atoms with Gasteiger partial charge in [-0.3, -0.25) is 9.48 Å². The third-order valence-electron chi connectivity index (χ3n) is 5.14. The first-order valence-electron chi connectivity index (χ1n) is 10.2. The fourth-order valence-corrected chi connectivity index (χ4v) is 3.57. The lowest BCUT2D eigenvalue weighted by atomic mass is 10.0. The monoisotopic (exact) mass is 399 g/mol. The summed E-state index contributed by atoms with van der Waals surface area (Å²) in [6.45, 7) is 6.97. The number of benzene rings is 1. The van der Waals surface area contributed by atoms with Gasteiger partial charge in [0.2, 0.25) is 5.69 Å². The van der Waals surface area contributed by atoms with Crippen molar-refractivity contribution in [1.82, 2.24) is 14.7 Å². The molecule has 1 unspecified atom stereocenters. The van der Waals surface area contributed by atoms with Gasteiger partial charge in [-0.2, -0.15) is 5.10 Å². The Morgan fingerprint density at radius 2 is 2.00 bits per heavy atom. The lowest BCUT2D eigenvalue weighted by Gasteiger charge is -2.36. The van der Waals surface area contributed by atoms with Crippen molar-refractivity contribution in [3.05, 3.63) is 47.3 Å². The number of ether oxygens (including phenoxy) is 2. The van der Waals surface area contributed by atoms with Crippen molar-refractivity contribution in [1.29, 1.82) is 0 Å². The van der Waals surface area contributed by atoms with Gasteiger partial charge in [0.05, 0.1) is 19.8 Å². The van der Waals surface area contributed by atoms with Gasteiger partial charge in [0.1, 0.15) is 0 Å². The molecule has 7 nitrogen and oxygen atoms in total. The Labute approximate surface area is 171 Å². The summed E-state index contributed by atoms with van der Waals surface area (Å²) in [5, 5.41) is 4.49. The lowest BCUT2D eigenvalue weighted by Crippen LogP contribution is -2.47. The van der Waals surface area contributed by atoms with E-state index in [1.54, 1.807) is 4.68 Å². The molecule has 29 heavy (non-hydrogen) atoms. The first kappa shape index (κ1) is 20.9. The molecule has 0 saturated heterocycles. The summed E-state index contributed by atoms with van der Waals surface area (Å²) in [6.07, 6.45) is 2.46. The summed E-state index contributed by atoms with van der Waals surface area (Å²) in [7, 11) is 1.31. The Balaban J connectivity index is 2.08. The fraction of sp³-hybridized carbons (Fsp3) is 0.500. The van der Waals surface area contributed by atoms with Gasteiger partial charge in [-0.15, -0.1) is 0 Å². The van der Waals surface area contributed by atoms with Crippen LogP contribution in [0.15, 0.2) is 30.3 Å². The second-order valence-electron chi connectivity index (χ2n) is 7.56. The van der Waals surface area contributed by atoms with Gasteiger partial charge < -0.3 is 14.4 Å². The standard InChI is InChI=1S/C22H29N3O4/c1-5-6-12-29-20-18(22(27)28-4)23-25-17(13-16-10-8-7-9-11-16)14-24(15(2)3)21(26)19(20)25/h7-11,15,17H,5-6,12-14H2,1-4H3. The van der Waals surface area contributed by atoms with Crippen LogP contribution in [0.4, 0.5) is 0 Å². The maximum absolute atomic E-state index is 13.3.